The number of aryl methyl sites for hydroxylation is 1. The topological polar surface area (TPSA) is 64.3 Å². The van der Waals surface area contributed by atoms with E-state index in [2.05, 4.69) is 12.2 Å². The number of nitrogens with one attached hydrogen (secondary N) is 1. The van der Waals surface area contributed by atoms with Crippen molar-refractivity contribution in [2.45, 2.75) is 52.6 Å². The highest BCUT2D eigenvalue weighted by atomic mass is 16.5. The van der Waals surface area contributed by atoms with Crippen molar-refractivity contribution < 1.29 is 9.53 Å². The van der Waals surface area contributed by atoms with Gasteiger partial charge in [-0.25, -0.2) is 0 Å². The summed E-state index contributed by atoms with van der Waals surface area (Å²) < 4.78 is 5.63. The Morgan fingerprint density at radius 2 is 2.10 bits per heavy atom. The first-order valence-electron chi connectivity index (χ1n) is 7.22. The summed E-state index contributed by atoms with van der Waals surface area (Å²) in [4.78, 5) is 11.8. The van der Waals surface area contributed by atoms with Crippen LogP contribution in [0.2, 0.25) is 0 Å². The fourth-order valence-electron chi connectivity index (χ4n) is 2.11. The zero-order chi connectivity index (χ0) is 15.1. The van der Waals surface area contributed by atoms with Crippen molar-refractivity contribution in [3.8, 4) is 5.75 Å². The van der Waals surface area contributed by atoms with Crippen LogP contribution in [0.3, 0.4) is 0 Å². The fraction of sp³-hybridized carbons (Fsp3) is 0.562. The zero-order valence-electron chi connectivity index (χ0n) is 12.9. The number of hydrogen-bond donors (Lipinski definition) is 2. The quantitative estimate of drug-likeness (QED) is 0.806. The van der Waals surface area contributed by atoms with Gasteiger partial charge in [0.05, 0.1) is 0 Å². The molecule has 1 amide bonds. The van der Waals surface area contributed by atoms with Gasteiger partial charge in [-0.2, -0.15) is 0 Å². The van der Waals surface area contributed by atoms with Gasteiger partial charge in [0.25, 0.3) is 5.91 Å². The van der Waals surface area contributed by atoms with Gasteiger partial charge >= 0.3 is 0 Å². The Bertz CT molecular complexity index is 444. The van der Waals surface area contributed by atoms with Gasteiger partial charge in [0.1, 0.15) is 5.75 Å². The van der Waals surface area contributed by atoms with Crippen LogP contribution in [-0.4, -0.2) is 18.6 Å². The lowest BCUT2D eigenvalue weighted by Crippen LogP contribution is -2.36. The monoisotopic (exact) mass is 278 g/mol. The lowest BCUT2D eigenvalue weighted by atomic mass is 10.1. The van der Waals surface area contributed by atoms with E-state index in [4.69, 9.17) is 10.5 Å². The van der Waals surface area contributed by atoms with Crippen LogP contribution >= 0.6 is 0 Å². The smallest absolute Gasteiger partial charge is 0.258 e. The number of hydrogen-bond acceptors (Lipinski definition) is 3. The van der Waals surface area contributed by atoms with E-state index in [-0.39, 0.29) is 24.6 Å². The predicted octanol–water partition coefficient (Wildman–Crippen LogP) is 2.70. The van der Waals surface area contributed by atoms with Gasteiger partial charge in [-0.15, -0.1) is 0 Å². The highest BCUT2D eigenvalue weighted by Crippen LogP contribution is 2.24. The van der Waals surface area contributed by atoms with Crippen molar-refractivity contribution in [2.75, 3.05) is 6.61 Å². The van der Waals surface area contributed by atoms with Crippen LogP contribution in [0, 0.1) is 6.92 Å². The molecule has 0 radical (unpaired) electrons. The van der Waals surface area contributed by atoms with E-state index in [0.717, 1.165) is 24.0 Å². The predicted molar refractivity (Wildman–Crippen MR) is 81.8 cm³/mol. The van der Waals surface area contributed by atoms with Gasteiger partial charge in [-0.05, 0) is 38.8 Å². The molecule has 20 heavy (non-hydrogen) atoms. The minimum absolute atomic E-state index is 0.0250. The molecule has 3 N–H and O–H groups in total. The minimum Gasteiger partial charge on any atom is -0.483 e. The van der Waals surface area contributed by atoms with Crippen LogP contribution in [0.15, 0.2) is 18.2 Å². The van der Waals surface area contributed by atoms with Crippen LogP contribution < -0.4 is 15.8 Å². The van der Waals surface area contributed by atoms with E-state index in [0.29, 0.717) is 5.75 Å². The molecular weight excluding hydrogens is 252 g/mol. The van der Waals surface area contributed by atoms with Gasteiger partial charge in [0, 0.05) is 17.6 Å². The molecule has 0 heterocycles. The van der Waals surface area contributed by atoms with E-state index >= 15 is 0 Å². The summed E-state index contributed by atoms with van der Waals surface area (Å²) in [6.07, 6.45) is 2.02. The van der Waals surface area contributed by atoms with Crippen molar-refractivity contribution in [1.29, 1.82) is 0 Å². The van der Waals surface area contributed by atoms with Crippen molar-refractivity contribution in [3.05, 3.63) is 29.3 Å². The Balaban J connectivity index is 2.61. The van der Waals surface area contributed by atoms with Gasteiger partial charge in [-0.3, -0.25) is 4.79 Å². The first-order chi connectivity index (χ1) is 9.43. The van der Waals surface area contributed by atoms with E-state index < -0.39 is 0 Å². The van der Waals surface area contributed by atoms with Crippen LogP contribution in [0.1, 0.15) is 50.8 Å². The molecule has 0 saturated carbocycles. The number of rotatable bonds is 7. The molecule has 1 aromatic rings. The normalized spacial score (nSPS) is 13.7. The minimum atomic E-state index is -0.118. The van der Waals surface area contributed by atoms with Crippen molar-refractivity contribution in [1.82, 2.24) is 5.32 Å². The van der Waals surface area contributed by atoms with E-state index in [9.17, 15) is 4.79 Å². The average Bonchev–Trinajstić information content (AvgIpc) is 2.36. The largest absolute Gasteiger partial charge is 0.483 e. The van der Waals surface area contributed by atoms with Crippen LogP contribution in [-0.2, 0) is 4.79 Å². The molecule has 0 aliphatic carbocycles. The molecule has 1 unspecified atom stereocenters. The van der Waals surface area contributed by atoms with E-state index in [1.165, 1.54) is 0 Å². The molecule has 1 aromatic carbocycles. The average molecular weight is 278 g/mol. The third kappa shape index (κ3) is 5.21. The molecule has 0 spiro atoms. The number of carbonyl (C=O) groups is 1. The molecule has 0 fully saturated rings. The maximum absolute atomic E-state index is 11.8. The van der Waals surface area contributed by atoms with Crippen LogP contribution in [0.5, 0.6) is 5.75 Å². The van der Waals surface area contributed by atoms with Crippen molar-refractivity contribution >= 4 is 5.91 Å². The van der Waals surface area contributed by atoms with E-state index in [1.54, 1.807) is 0 Å². The second-order valence-electron chi connectivity index (χ2n) is 5.38. The van der Waals surface area contributed by atoms with Crippen molar-refractivity contribution in [2.24, 2.45) is 5.73 Å². The van der Waals surface area contributed by atoms with Gasteiger partial charge < -0.3 is 15.8 Å². The fourth-order valence-corrected chi connectivity index (χ4v) is 2.11. The Morgan fingerprint density at radius 1 is 1.40 bits per heavy atom. The summed E-state index contributed by atoms with van der Waals surface area (Å²) in [5.74, 6) is 0.598. The summed E-state index contributed by atoms with van der Waals surface area (Å²) >= 11 is 0. The lowest BCUT2D eigenvalue weighted by molar-refractivity contribution is -0.123. The first-order valence-corrected chi connectivity index (χ1v) is 7.22. The summed E-state index contributed by atoms with van der Waals surface area (Å²) in [7, 11) is 0. The maximum atomic E-state index is 11.8. The van der Waals surface area contributed by atoms with Gasteiger partial charge in [-0.1, -0.05) is 25.5 Å². The second kappa shape index (κ2) is 7.90. The molecule has 2 atom stereocenters. The Kier molecular flexibility index (Phi) is 6.52. The Labute approximate surface area is 121 Å². The third-order valence-corrected chi connectivity index (χ3v) is 3.15. The molecule has 1 rings (SSSR count). The van der Waals surface area contributed by atoms with Crippen molar-refractivity contribution in [3.63, 3.8) is 0 Å². The highest BCUT2D eigenvalue weighted by molar-refractivity contribution is 5.77. The Morgan fingerprint density at radius 3 is 2.70 bits per heavy atom. The van der Waals surface area contributed by atoms with Gasteiger partial charge in [0.15, 0.2) is 6.61 Å². The molecule has 4 heteroatoms. The molecule has 4 nitrogen and oxygen atoms in total. The maximum Gasteiger partial charge on any atom is 0.258 e. The number of benzene rings is 1. The molecule has 0 bridgehead atoms. The standard InChI is InChI=1S/C16H26N2O2/c1-5-6-12(3)18-16(19)10-20-15-9-11(2)7-8-14(15)13(4)17/h7-9,12-13H,5-6,10,17H2,1-4H3,(H,18,19)/t12?,13-/m0/s1. The molecule has 0 aromatic heterocycles. The molecular formula is C16H26N2O2. The number of nitrogens with two attached hydrogens (primary N) is 1. The number of ether oxygens (including phenoxy) is 1. The summed E-state index contributed by atoms with van der Waals surface area (Å²) in [5, 5.41) is 2.92. The van der Waals surface area contributed by atoms with Gasteiger partial charge in [0.2, 0.25) is 0 Å². The Hall–Kier alpha value is -1.55. The highest BCUT2D eigenvalue weighted by Gasteiger charge is 2.11. The number of amides is 1. The number of carbonyl (C=O) groups excluding carboxylic acids is 1. The SMILES string of the molecule is CCCC(C)NC(=O)COc1cc(C)ccc1[C@H](C)N. The van der Waals surface area contributed by atoms with Crippen LogP contribution in [0.4, 0.5) is 0 Å². The second-order valence-corrected chi connectivity index (χ2v) is 5.38. The lowest BCUT2D eigenvalue weighted by Gasteiger charge is -2.16. The molecule has 0 saturated heterocycles. The summed E-state index contributed by atoms with van der Waals surface area (Å²) in [5.41, 5.74) is 7.92. The summed E-state index contributed by atoms with van der Waals surface area (Å²) in [6, 6.07) is 5.93. The molecule has 112 valence electrons. The summed E-state index contributed by atoms with van der Waals surface area (Å²) in [6.45, 7) is 8.02. The van der Waals surface area contributed by atoms with E-state index in [1.807, 2.05) is 39.0 Å². The zero-order valence-corrected chi connectivity index (χ0v) is 12.9. The third-order valence-electron chi connectivity index (χ3n) is 3.15. The first kappa shape index (κ1) is 16.5. The van der Waals surface area contributed by atoms with Crippen LogP contribution in [0.25, 0.3) is 0 Å². The molecule has 0 aliphatic heterocycles. The molecule has 0 aliphatic rings.